The fraction of sp³-hybridized carbons (Fsp3) is 0.412. The molecule has 9 heteroatoms. The highest BCUT2D eigenvalue weighted by atomic mass is 32.2. The first-order chi connectivity index (χ1) is 12.2. The molecule has 142 valence electrons. The van der Waals surface area contributed by atoms with Crippen molar-refractivity contribution in [3.05, 3.63) is 35.3 Å². The number of rotatable bonds is 8. The molecule has 0 bridgehead atoms. The molecule has 0 spiro atoms. The van der Waals surface area contributed by atoms with Gasteiger partial charge in [0, 0.05) is 11.4 Å². The summed E-state index contributed by atoms with van der Waals surface area (Å²) in [5.41, 5.74) is 6.23. The quantitative estimate of drug-likeness (QED) is 0.392. The highest BCUT2D eigenvalue weighted by Gasteiger charge is 2.25. The van der Waals surface area contributed by atoms with E-state index in [4.69, 9.17) is 5.73 Å². The fourth-order valence-electron chi connectivity index (χ4n) is 2.08. The van der Waals surface area contributed by atoms with Crippen LogP contribution in [0.2, 0.25) is 0 Å². The number of carboxylic acid groups (broad SMARTS) is 1. The van der Waals surface area contributed by atoms with Crippen molar-refractivity contribution < 1.29 is 19.5 Å². The molecule has 0 aliphatic rings. The molecule has 1 atom stereocenters. The van der Waals surface area contributed by atoms with E-state index in [1.807, 2.05) is 6.26 Å². The summed E-state index contributed by atoms with van der Waals surface area (Å²) in [6.45, 7) is 5.11. The molecule has 0 saturated heterocycles. The minimum atomic E-state index is -1.14. The van der Waals surface area contributed by atoms with Crippen molar-refractivity contribution in [1.29, 1.82) is 0 Å². The van der Waals surface area contributed by atoms with Crippen LogP contribution in [0.15, 0.2) is 28.8 Å². The van der Waals surface area contributed by atoms with E-state index >= 15 is 0 Å². The number of amides is 2. The van der Waals surface area contributed by atoms with Crippen LogP contribution in [0.4, 0.5) is 0 Å². The van der Waals surface area contributed by atoms with Crippen LogP contribution in [0.3, 0.4) is 0 Å². The van der Waals surface area contributed by atoms with Gasteiger partial charge in [0.25, 0.3) is 11.8 Å². The van der Waals surface area contributed by atoms with Crippen molar-refractivity contribution in [3.63, 3.8) is 0 Å². The summed E-state index contributed by atoms with van der Waals surface area (Å²) in [5.74, 6) is -2.70. The number of hydrogen-bond acceptors (Lipinski definition) is 6. The van der Waals surface area contributed by atoms with Crippen LogP contribution in [0.1, 0.15) is 37.0 Å². The van der Waals surface area contributed by atoms with Gasteiger partial charge in [-0.15, -0.1) is 11.8 Å². The monoisotopic (exact) mass is 380 g/mol. The molecule has 0 aliphatic heterocycles. The van der Waals surface area contributed by atoms with E-state index in [9.17, 15) is 19.5 Å². The minimum absolute atomic E-state index is 0.0486. The van der Waals surface area contributed by atoms with E-state index < -0.39 is 23.8 Å². The van der Waals surface area contributed by atoms with Crippen molar-refractivity contribution in [2.24, 2.45) is 11.7 Å². The third kappa shape index (κ3) is 5.85. The van der Waals surface area contributed by atoms with Crippen LogP contribution in [-0.4, -0.2) is 40.2 Å². The number of nitrogens with zero attached hydrogens (tertiary/aromatic N) is 1. The van der Waals surface area contributed by atoms with Crippen LogP contribution < -0.4 is 16.4 Å². The third-order valence-electron chi connectivity index (χ3n) is 3.53. The molecule has 0 radical (unpaired) electrons. The lowest BCUT2D eigenvalue weighted by Gasteiger charge is -2.19. The molecule has 1 heterocycles. The number of nitrogens with two attached hydrogens (primary N) is 1. The normalized spacial score (nSPS) is 12.6. The molecule has 26 heavy (non-hydrogen) atoms. The Labute approximate surface area is 156 Å². The van der Waals surface area contributed by atoms with Crippen molar-refractivity contribution in [2.75, 3.05) is 6.26 Å². The molecule has 8 nitrogen and oxygen atoms in total. The van der Waals surface area contributed by atoms with E-state index in [0.29, 0.717) is 5.69 Å². The van der Waals surface area contributed by atoms with E-state index in [1.54, 1.807) is 32.9 Å². The number of allylic oxidation sites excluding steroid dienone is 1. The van der Waals surface area contributed by atoms with E-state index in [-0.39, 0.29) is 23.9 Å². The average molecular weight is 380 g/mol. The van der Waals surface area contributed by atoms with Crippen LogP contribution in [-0.2, 0) is 16.1 Å². The van der Waals surface area contributed by atoms with Gasteiger partial charge in [0.2, 0.25) is 0 Å². The van der Waals surface area contributed by atoms with Gasteiger partial charge in [-0.1, -0.05) is 19.9 Å². The van der Waals surface area contributed by atoms with Crippen LogP contribution >= 0.6 is 11.8 Å². The molecule has 0 saturated carbocycles. The first-order valence-electron chi connectivity index (χ1n) is 7.99. The second kappa shape index (κ2) is 9.93. The number of carboxylic acids is 1. The van der Waals surface area contributed by atoms with Crippen molar-refractivity contribution in [2.45, 2.75) is 38.3 Å². The molecule has 0 fully saturated rings. The lowest BCUT2D eigenvalue weighted by atomic mass is 10.0. The molecule has 2 amide bonds. The second-order valence-electron chi connectivity index (χ2n) is 5.78. The van der Waals surface area contributed by atoms with Gasteiger partial charge < -0.3 is 21.5 Å². The predicted molar refractivity (Wildman–Crippen MR) is 99.5 cm³/mol. The van der Waals surface area contributed by atoms with Gasteiger partial charge in [-0.3, -0.25) is 9.59 Å². The molecule has 0 unspecified atom stereocenters. The smallest absolute Gasteiger partial charge is 0.326 e. The summed E-state index contributed by atoms with van der Waals surface area (Å²) >= 11 is 1.44. The Hall–Kier alpha value is -2.39. The highest BCUT2D eigenvalue weighted by Crippen LogP contribution is 2.17. The van der Waals surface area contributed by atoms with Gasteiger partial charge in [-0.05, 0) is 31.2 Å². The van der Waals surface area contributed by atoms with Gasteiger partial charge in [-0.2, -0.15) is 0 Å². The maximum atomic E-state index is 12.4. The van der Waals surface area contributed by atoms with Crippen LogP contribution in [0.5, 0.6) is 0 Å². The first-order valence-corrected chi connectivity index (χ1v) is 9.22. The minimum Gasteiger partial charge on any atom is -0.480 e. The molecular formula is C17H24N4O4S. The Kier molecular flexibility index (Phi) is 8.27. The summed E-state index contributed by atoms with van der Waals surface area (Å²) in [7, 11) is 0. The number of nitrogens with one attached hydrogen (secondary N) is 2. The molecule has 1 aromatic rings. The number of thioether (sulfide) groups is 1. The zero-order chi connectivity index (χ0) is 19.9. The molecule has 5 N–H and O–H groups in total. The van der Waals surface area contributed by atoms with Crippen LogP contribution in [0, 0.1) is 5.92 Å². The second-order valence-corrected chi connectivity index (χ2v) is 6.66. The zero-order valence-corrected chi connectivity index (χ0v) is 16.0. The summed E-state index contributed by atoms with van der Waals surface area (Å²) in [6, 6.07) is 2.32. The Bertz CT molecular complexity index is 696. The Morgan fingerprint density at radius 1 is 1.35 bits per heavy atom. The van der Waals surface area contributed by atoms with Gasteiger partial charge in [0.15, 0.2) is 0 Å². The van der Waals surface area contributed by atoms with E-state index in [0.717, 1.165) is 4.90 Å². The Balaban J connectivity index is 2.95. The van der Waals surface area contributed by atoms with Crippen molar-refractivity contribution in [1.82, 2.24) is 15.6 Å². The van der Waals surface area contributed by atoms with Crippen molar-refractivity contribution in [3.8, 4) is 0 Å². The summed E-state index contributed by atoms with van der Waals surface area (Å²) < 4.78 is 0. The lowest BCUT2D eigenvalue weighted by molar-refractivity contribution is -0.142. The molecule has 1 aromatic heterocycles. The maximum absolute atomic E-state index is 12.4. The maximum Gasteiger partial charge on any atom is 0.326 e. The summed E-state index contributed by atoms with van der Waals surface area (Å²) in [4.78, 5) is 41.0. The predicted octanol–water partition coefficient (Wildman–Crippen LogP) is 1.12. The third-order valence-corrected chi connectivity index (χ3v) is 4.24. The SMILES string of the molecule is C/C=C(\NC(=O)c1cc(SC)cc(CN)n1)C(=O)N[C@H](C(=O)O)C(C)C. The fourth-order valence-corrected chi connectivity index (χ4v) is 2.56. The molecule has 0 aliphatic carbocycles. The van der Waals surface area contributed by atoms with Gasteiger partial charge in [0.1, 0.15) is 17.4 Å². The number of aliphatic carboxylic acids is 1. The number of pyridine rings is 1. The summed E-state index contributed by atoms with van der Waals surface area (Å²) in [6.07, 6.45) is 3.26. The topological polar surface area (TPSA) is 134 Å². The molecular weight excluding hydrogens is 356 g/mol. The van der Waals surface area contributed by atoms with Gasteiger partial charge in [0.05, 0.1) is 5.69 Å². The molecule has 0 aromatic carbocycles. The number of hydrogen-bond donors (Lipinski definition) is 4. The Morgan fingerprint density at radius 3 is 2.46 bits per heavy atom. The standard InChI is InChI=1S/C17H24N4O4S/c1-5-12(15(22)21-14(9(2)3)17(24)25)20-16(23)13-7-11(26-4)6-10(8-18)19-13/h5-7,9,14H,8,18H2,1-4H3,(H,20,23)(H,21,22)(H,24,25)/b12-5-/t14-/m0/s1. The Morgan fingerprint density at radius 2 is 2.00 bits per heavy atom. The zero-order valence-electron chi connectivity index (χ0n) is 15.2. The highest BCUT2D eigenvalue weighted by molar-refractivity contribution is 7.98. The van der Waals surface area contributed by atoms with Gasteiger partial charge in [-0.25, -0.2) is 9.78 Å². The summed E-state index contributed by atoms with van der Waals surface area (Å²) in [5, 5.41) is 14.1. The largest absolute Gasteiger partial charge is 0.480 e. The van der Waals surface area contributed by atoms with Gasteiger partial charge >= 0.3 is 5.97 Å². The number of carbonyl (C=O) groups is 3. The number of carbonyl (C=O) groups excluding carboxylic acids is 2. The van der Waals surface area contributed by atoms with Crippen molar-refractivity contribution >= 4 is 29.5 Å². The van der Waals surface area contributed by atoms with Crippen LogP contribution in [0.25, 0.3) is 0 Å². The molecule has 1 rings (SSSR count). The van der Waals surface area contributed by atoms with E-state index in [1.165, 1.54) is 17.8 Å². The lowest BCUT2D eigenvalue weighted by Crippen LogP contribution is -2.47. The first kappa shape index (κ1) is 21.7. The van der Waals surface area contributed by atoms with E-state index in [2.05, 4.69) is 15.6 Å². The number of aromatic nitrogens is 1. The average Bonchev–Trinajstić information content (AvgIpc) is 2.62.